The van der Waals surface area contributed by atoms with E-state index >= 15 is 0 Å². The molecule has 1 aromatic carbocycles. The number of nitrogens with zero attached hydrogens (tertiary/aromatic N) is 3. The Morgan fingerprint density at radius 2 is 2.04 bits per heavy atom. The number of amides is 1. The third kappa shape index (κ3) is 4.10. The van der Waals surface area contributed by atoms with Crippen molar-refractivity contribution in [3.8, 4) is 5.75 Å². The summed E-state index contributed by atoms with van der Waals surface area (Å²) in [7, 11) is 0. The van der Waals surface area contributed by atoms with Crippen LogP contribution >= 0.6 is 0 Å². The van der Waals surface area contributed by atoms with Crippen LogP contribution in [0.3, 0.4) is 0 Å². The standard InChI is InChI=1S/C16H12F5N5O2/c1-8-13(14(24-23-8)16(19,20)21)22-15(27)11-4-5-26(25-11)7-28-12-3-2-9(17)6-10(12)18/h2-6H,7H2,1H3,(H,22,27)(H,23,24). The Labute approximate surface area is 154 Å². The molecule has 0 saturated carbocycles. The molecule has 12 heteroatoms. The number of carbonyl (C=O) groups is 1. The lowest BCUT2D eigenvalue weighted by Crippen LogP contribution is -2.18. The molecule has 0 aliphatic heterocycles. The SMILES string of the molecule is Cc1[nH]nc(C(F)(F)F)c1NC(=O)c1ccn(COc2ccc(F)cc2F)n1. The van der Waals surface area contributed by atoms with Crippen molar-refractivity contribution in [3.63, 3.8) is 0 Å². The summed E-state index contributed by atoms with van der Waals surface area (Å²) in [5.74, 6) is -2.82. The van der Waals surface area contributed by atoms with Gasteiger partial charge >= 0.3 is 6.18 Å². The van der Waals surface area contributed by atoms with Crippen LogP contribution < -0.4 is 10.1 Å². The van der Waals surface area contributed by atoms with Crippen molar-refractivity contribution in [2.75, 3.05) is 5.32 Å². The molecule has 3 rings (SSSR count). The lowest BCUT2D eigenvalue weighted by atomic mass is 10.2. The van der Waals surface area contributed by atoms with E-state index in [9.17, 15) is 26.7 Å². The van der Waals surface area contributed by atoms with Crippen molar-refractivity contribution in [1.29, 1.82) is 0 Å². The van der Waals surface area contributed by atoms with Gasteiger partial charge in [-0.25, -0.2) is 13.5 Å². The molecule has 3 aromatic rings. The Hall–Kier alpha value is -3.44. The fraction of sp³-hybridized carbons (Fsp3) is 0.188. The first-order valence-corrected chi connectivity index (χ1v) is 7.70. The van der Waals surface area contributed by atoms with Crippen LogP contribution in [0.1, 0.15) is 21.9 Å². The molecule has 0 aliphatic carbocycles. The number of benzene rings is 1. The zero-order valence-corrected chi connectivity index (χ0v) is 14.1. The van der Waals surface area contributed by atoms with Gasteiger partial charge < -0.3 is 10.1 Å². The van der Waals surface area contributed by atoms with Crippen LogP contribution in [-0.2, 0) is 12.9 Å². The molecule has 0 bridgehead atoms. The number of hydrogen-bond acceptors (Lipinski definition) is 4. The van der Waals surface area contributed by atoms with Gasteiger partial charge in [0.2, 0.25) is 0 Å². The number of alkyl halides is 3. The number of rotatable bonds is 5. The van der Waals surface area contributed by atoms with Crippen LogP contribution in [0.2, 0.25) is 0 Å². The normalized spacial score (nSPS) is 11.5. The molecule has 2 aromatic heterocycles. The second-order valence-electron chi connectivity index (χ2n) is 5.61. The molecule has 2 heterocycles. The zero-order valence-electron chi connectivity index (χ0n) is 14.1. The summed E-state index contributed by atoms with van der Waals surface area (Å²) in [4.78, 5) is 12.2. The molecule has 0 atom stereocenters. The molecule has 0 fully saturated rings. The maximum Gasteiger partial charge on any atom is 0.437 e. The third-order valence-electron chi connectivity index (χ3n) is 3.57. The Kier molecular flexibility index (Phi) is 5.03. The zero-order chi connectivity index (χ0) is 20.5. The number of H-pyrrole nitrogens is 1. The van der Waals surface area contributed by atoms with E-state index < -0.39 is 35.1 Å². The second kappa shape index (κ2) is 7.29. The van der Waals surface area contributed by atoms with Gasteiger partial charge in [-0.1, -0.05) is 0 Å². The van der Waals surface area contributed by atoms with E-state index in [-0.39, 0.29) is 23.9 Å². The van der Waals surface area contributed by atoms with Crippen molar-refractivity contribution in [3.05, 3.63) is 59.2 Å². The van der Waals surface area contributed by atoms with Crippen molar-refractivity contribution in [1.82, 2.24) is 20.0 Å². The minimum absolute atomic E-state index is 0.0234. The third-order valence-corrected chi connectivity index (χ3v) is 3.57. The van der Waals surface area contributed by atoms with Crippen molar-refractivity contribution in [2.45, 2.75) is 19.8 Å². The summed E-state index contributed by atoms with van der Waals surface area (Å²) in [5.41, 5.74) is -1.93. The topological polar surface area (TPSA) is 84.8 Å². The van der Waals surface area contributed by atoms with Crippen molar-refractivity contribution in [2.24, 2.45) is 0 Å². The molecular weight excluding hydrogens is 389 g/mol. The van der Waals surface area contributed by atoms with Crippen LogP contribution in [0.5, 0.6) is 5.75 Å². The highest BCUT2D eigenvalue weighted by Crippen LogP contribution is 2.34. The lowest BCUT2D eigenvalue weighted by Gasteiger charge is -2.08. The Balaban J connectivity index is 1.69. The number of anilines is 1. The van der Waals surface area contributed by atoms with E-state index in [0.717, 1.165) is 16.8 Å². The van der Waals surface area contributed by atoms with Gasteiger partial charge in [-0.2, -0.15) is 23.4 Å². The van der Waals surface area contributed by atoms with Crippen LogP contribution in [0.25, 0.3) is 0 Å². The maximum absolute atomic E-state index is 13.5. The summed E-state index contributed by atoms with van der Waals surface area (Å²) < 4.78 is 71.3. The molecule has 28 heavy (non-hydrogen) atoms. The number of ether oxygens (including phenoxy) is 1. The highest BCUT2D eigenvalue weighted by atomic mass is 19.4. The van der Waals surface area contributed by atoms with Gasteiger partial charge in [0.15, 0.2) is 29.7 Å². The van der Waals surface area contributed by atoms with Crippen molar-refractivity contribution >= 4 is 11.6 Å². The van der Waals surface area contributed by atoms with E-state index in [1.807, 2.05) is 0 Å². The minimum Gasteiger partial charge on any atom is -0.468 e. The van der Waals surface area contributed by atoms with E-state index in [0.29, 0.717) is 6.07 Å². The quantitative estimate of drug-likeness (QED) is 0.641. The summed E-state index contributed by atoms with van der Waals surface area (Å²) in [6.45, 7) is 1.01. The highest BCUT2D eigenvalue weighted by molar-refractivity contribution is 6.03. The number of hydrogen-bond donors (Lipinski definition) is 2. The van der Waals surface area contributed by atoms with Gasteiger partial charge in [-0.15, -0.1) is 0 Å². The maximum atomic E-state index is 13.5. The number of nitrogens with one attached hydrogen (secondary N) is 2. The fourth-order valence-corrected chi connectivity index (χ4v) is 2.25. The van der Waals surface area contributed by atoms with Gasteiger partial charge in [-0.3, -0.25) is 9.89 Å². The number of aromatic nitrogens is 4. The van der Waals surface area contributed by atoms with Gasteiger partial charge in [0.05, 0.1) is 11.4 Å². The molecule has 0 radical (unpaired) electrons. The molecule has 148 valence electrons. The largest absolute Gasteiger partial charge is 0.468 e. The Bertz CT molecular complexity index is 1010. The van der Waals surface area contributed by atoms with E-state index in [1.54, 1.807) is 0 Å². The van der Waals surface area contributed by atoms with Crippen LogP contribution in [0.15, 0.2) is 30.5 Å². The first-order valence-electron chi connectivity index (χ1n) is 7.70. The first-order chi connectivity index (χ1) is 13.1. The number of carbonyl (C=O) groups excluding carboxylic acids is 1. The van der Waals surface area contributed by atoms with E-state index in [2.05, 4.69) is 20.6 Å². The number of aryl methyl sites for hydroxylation is 1. The first kappa shape index (κ1) is 19.3. The Morgan fingerprint density at radius 1 is 1.29 bits per heavy atom. The van der Waals surface area contributed by atoms with E-state index in [4.69, 9.17) is 4.74 Å². The summed E-state index contributed by atoms with van der Waals surface area (Å²) in [5, 5.41) is 11.3. The molecule has 0 saturated heterocycles. The van der Waals surface area contributed by atoms with Crippen LogP contribution in [0.4, 0.5) is 27.6 Å². The predicted molar refractivity (Wildman–Crippen MR) is 85.5 cm³/mol. The van der Waals surface area contributed by atoms with Gasteiger partial charge in [0, 0.05) is 12.3 Å². The van der Waals surface area contributed by atoms with Gasteiger partial charge in [0.25, 0.3) is 5.91 Å². The average molecular weight is 401 g/mol. The minimum atomic E-state index is -4.75. The summed E-state index contributed by atoms with van der Waals surface area (Å²) in [6.07, 6.45) is -3.44. The summed E-state index contributed by atoms with van der Waals surface area (Å²) >= 11 is 0. The fourth-order valence-electron chi connectivity index (χ4n) is 2.25. The van der Waals surface area contributed by atoms with Crippen molar-refractivity contribution < 1.29 is 31.5 Å². The average Bonchev–Trinajstić information content (AvgIpc) is 3.21. The number of halogens is 5. The van der Waals surface area contributed by atoms with Crippen LogP contribution in [0, 0.1) is 18.6 Å². The summed E-state index contributed by atoms with van der Waals surface area (Å²) in [6, 6.07) is 3.97. The monoisotopic (exact) mass is 401 g/mol. The molecule has 2 N–H and O–H groups in total. The number of aromatic amines is 1. The molecule has 7 nitrogen and oxygen atoms in total. The Morgan fingerprint density at radius 3 is 2.71 bits per heavy atom. The van der Waals surface area contributed by atoms with Gasteiger partial charge in [-0.05, 0) is 25.1 Å². The van der Waals surface area contributed by atoms with Crippen LogP contribution in [-0.4, -0.2) is 25.9 Å². The molecule has 0 aliphatic rings. The lowest BCUT2D eigenvalue weighted by molar-refractivity contribution is -0.140. The molecular formula is C16H12F5N5O2. The second-order valence-corrected chi connectivity index (χ2v) is 5.61. The molecule has 1 amide bonds. The predicted octanol–water partition coefficient (Wildman–Crippen LogP) is 3.50. The molecule has 0 spiro atoms. The molecule has 0 unspecified atom stereocenters. The van der Waals surface area contributed by atoms with E-state index in [1.165, 1.54) is 19.2 Å². The smallest absolute Gasteiger partial charge is 0.437 e. The highest BCUT2D eigenvalue weighted by Gasteiger charge is 2.38. The van der Waals surface area contributed by atoms with Gasteiger partial charge in [0.1, 0.15) is 5.82 Å².